The van der Waals surface area contributed by atoms with E-state index in [9.17, 15) is 0 Å². The maximum absolute atomic E-state index is 5.48. The van der Waals surface area contributed by atoms with E-state index in [0.29, 0.717) is 12.1 Å². The minimum atomic E-state index is 0.325. The predicted molar refractivity (Wildman–Crippen MR) is 88.9 cm³/mol. The predicted octanol–water partition coefficient (Wildman–Crippen LogP) is 2.85. The molecule has 0 aliphatic carbocycles. The van der Waals surface area contributed by atoms with Crippen LogP contribution < -0.4 is 5.32 Å². The first-order valence-electron chi connectivity index (χ1n) is 8.03. The minimum Gasteiger partial charge on any atom is -0.379 e. The topological polar surface area (TPSA) is 37.4 Å². The second-order valence-corrected chi connectivity index (χ2v) is 7.42. The fraction of sp³-hybridized carbons (Fsp3) is 0.812. The summed E-state index contributed by atoms with van der Waals surface area (Å²) >= 11 is 1.73. The van der Waals surface area contributed by atoms with Crippen LogP contribution in [0.2, 0.25) is 0 Å². The smallest absolute Gasteiger partial charge is 0.0898 e. The molecule has 0 radical (unpaired) electrons. The quantitative estimate of drug-likeness (QED) is 0.840. The van der Waals surface area contributed by atoms with Crippen molar-refractivity contribution in [2.45, 2.75) is 46.2 Å². The van der Waals surface area contributed by atoms with E-state index >= 15 is 0 Å². The zero-order valence-corrected chi connectivity index (χ0v) is 14.6. The van der Waals surface area contributed by atoms with Crippen molar-refractivity contribution in [3.8, 4) is 0 Å². The van der Waals surface area contributed by atoms with E-state index in [4.69, 9.17) is 4.74 Å². The van der Waals surface area contributed by atoms with E-state index in [1.54, 1.807) is 11.3 Å². The second-order valence-electron chi connectivity index (χ2n) is 6.35. The van der Waals surface area contributed by atoms with Crippen LogP contribution in [0.4, 0.5) is 0 Å². The lowest BCUT2D eigenvalue weighted by atomic mass is 10.0. The van der Waals surface area contributed by atoms with Crippen molar-refractivity contribution in [1.82, 2.24) is 15.2 Å². The molecule has 1 aromatic heterocycles. The Hall–Kier alpha value is -0.490. The van der Waals surface area contributed by atoms with Gasteiger partial charge in [0.25, 0.3) is 0 Å². The third kappa shape index (κ3) is 5.33. The molecule has 2 rings (SSSR count). The number of thiazole rings is 1. The van der Waals surface area contributed by atoms with Gasteiger partial charge in [0.15, 0.2) is 0 Å². The molecule has 21 heavy (non-hydrogen) atoms. The van der Waals surface area contributed by atoms with E-state index in [1.807, 2.05) is 0 Å². The van der Waals surface area contributed by atoms with Crippen molar-refractivity contribution < 1.29 is 4.74 Å². The van der Waals surface area contributed by atoms with E-state index in [0.717, 1.165) is 43.8 Å². The summed E-state index contributed by atoms with van der Waals surface area (Å²) in [6, 6.07) is 0.918. The van der Waals surface area contributed by atoms with Gasteiger partial charge in [-0.3, -0.25) is 4.90 Å². The molecule has 4 nitrogen and oxygen atoms in total. The number of aryl methyl sites for hydroxylation is 1. The van der Waals surface area contributed by atoms with Gasteiger partial charge in [-0.15, -0.1) is 11.3 Å². The Morgan fingerprint density at radius 1 is 1.33 bits per heavy atom. The lowest BCUT2D eigenvalue weighted by Crippen LogP contribution is -2.48. The van der Waals surface area contributed by atoms with Crippen molar-refractivity contribution in [3.63, 3.8) is 0 Å². The average molecular weight is 311 g/mol. The van der Waals surface area contributed by atoms with E-state index in [-0.39, 0.29) is 0 Å². The number of rotatable bonds is 7. The van der Waals surface area contributed by atoms with Crippen molar-refractivity contribution in [2.75, 3.05) is 32.8 Å². The normalized spacial score (nSPS) is 19.9. The fourth-order valence-electron chi connectivity index (χ4n) is 2.84. The Labute approximate surface area is 132 Å². The van der Waals surface area contributed by atoms with Crippen LogP contribution in [0.15, 0.2) is 5.38 Å². The molecule has 120 valence electrons. The molecule has 0 bridgehead atoms. The highest BCUT2D eigenvalue weighted by molar-refractivity contribution is 7.09. The number of nitrogens with zero attached hydrogens (tertiary/aromatic N) is 2. The third-order valence-corrected chi connectivity index (χ3v) is 4.84. The summed E-state index contributed by atoms with van der Waals surface area (Å²) in [7, 11) is 0. The van der Waals surface area contributed by atoms with Crippen molar-refractivity contribution >= 4 is 11.3 Å². The molecule has 1 aromatic rings. The highest BCUT2D eigenvalue weighted by Crippen LogP contribution is 2.17. The first kappa shape index (κ1) is 16.9. The van der Waals surface area contributed by atoms with Crippen LogP contribution in [-0.2, 0) is 4.74 Å². The van der Waals surface area contributed by atoms with Gasteiger partial charge in [-0.05, 0) is 26.2 Å². The summed E-state index contributed by atoms with van der Waals surface area (Å²) in [4.78, 5) is 7.16. The molecule has 2 unspecified atom stereocenters. The summed E-state index contributed by atoms with van der Waals surface area (Å²) in [6.07, 6.45) is 1.23. The molecule has 2 atom stereocenters. The van der Waals surface area contributed by atoms with Crippen LogP contribution in [0.1, 0.15) is 43.9 Å². The number of nitrogens with one attached hydrogen (secondary N) is 1. The lowest BCUT2D eigenvalue weighted by Gasteiger charge is -2.36. The van der Waals surface area contributed by atoms with E-state index < -0.39 is 0 Å². The molecule has 0 spiro atoms. The minimum absolute atomic E-state index is 0.325. The molecule has 0 amide bonds. The van der Waals surface area contributed by atoms with Crippen LogP contribution in [0.5, 0.6) is 0 Å². The Morgan fingerprint density at radius 3 is 2.62 bits per heavy atom. The van der Waals surface area contributed by atoms with Crippen LogP contribution in [0.3, 0.4) is 0 Å². The summed E-state index contributed by atoms with van der Waals surface area (Å²) in [5.74, 6) is 0.719. The van der Waals surface area contributed by atoms with Gasteiger partial charge in [-0.25, -0.2) is 4.98 Å². The van der Waals surface area contributed by atoms with Crippen molar-refractivity contribution in [2.24, 2.45) is 5.92 Å². The van der Waals surface area contributed by atoms with Crippen LogP contribution in [0, 0.1) is 12.8 Å². The van der Waals surface area contributed by atoms with Gasteiger partial charge in [-0.2, -0.15) is 0 Å². The summed E-state index contributed by atoms with van der Waals surface area (Å²) in [6.45, 7) is 13.8. The molecule has 1 aliphatic rings. The maximum Gasteiger partial charge on any atom is 0.0898 e. The van der Waals surface area contributed by atoms with Crippen LogP contribution in [-0.4, -0.2) is 48.8 Å². The van der Waals surface area contributed by atoms with Gasteiger partial charge in [0.05, 0.1) is 23.9 Å². The Morgan fingerprint density at radius 2 is 2.05 bits per heavy atom. The number of aromatic nitrogens is 1. The van der Waals surface area contributed by atoms with Gasteiger partial charge in [0, 0.05) is 37.1 Å². The second kappa shape index (κ2) is 8.22. The number of morpholine rings is 1. The largest absolute Gasteiger partial charge is 0.379 e. The van der Waals surface area contributed by atoms with Gasteiger partial charge in [0.1, 0.15) is 0 Å². The van der Waals surface area contributed by atoms with Gasteiger partial charge < -0.3 is 10.1 Å². The van der Waals surface area contributed by atoms with E-state index in [2.05, 4.69) is 48.3 Å². The first-order chi connectivity index (χ1) is 10.1. The molecule has 2 heterocycles. The maximum atomic E-state index is 5.48. The number of hydrogen-bond donors (Lipinski definition) is 1. The highest BCUT2D eigenvalue weighted by atomic mass is 32.1. The molecule has 1 saturated heterocycles. The van der Waals surface area contributed by atoms with Gasteiger partial charge >= 0.3 is 0 Å². The fourth-order valence-corrected chi connectivity index (χ4v) is 3.55. The SMILES string of the molecule is Cc1nc(C(C)NCC(CC(C)C)N2CCOCC2)cs1. The van der Waals surface area contributed by atoms with Crippen molar-refractivity contribution in [1.29, 1.82) is 0 Å². The summed E-state index contributed by atoms with van der Waals surface area (Å²) in [5, 5.41) is 6.99. The summed E-state index contributed by atoms with van der Waals surface area (Å²) in [5.41, 5.74) is 1.17. The zero-order valence-electron chi connectivity index (χ0n) is 13.8. The first-order valence-corrected chi connectivity index (χ1v) is 8.91. The number of ether oxygens (including phenoxy) is 1. The number of hydrogen-bond acceptors (Lipinski definition) is 5. The molecule has 0 aromatic carbocycles. The van der Waals surface area contributed by atoms with Gasteiger partial charge in [0.2, 0.25) is 0 Å². The molecule has 1 aliphatic heterocycles. The Kier molecular flexibility index (Phi) is 6.61. The Bertz CT molecular complexity index is 415. The van der Waals surface area contributed by atoms with Gasteiger partial charge in [-0.1, -0.05) is 13.8 Å². The van der Waals surface area contributed by atoms with Crippen LogP contribution >= 0.6 is 11.3 Å². The van der Waals surface area contributed by atoms with Crippen LogP contribution in [0.25, 0.3) is 0 Å². The zero-order chi connectivity index (χ0) is 15.2. The summed E-state index contributed by atoms with van der Waals surface area (Å²) < 4.78 is 5.48. The Balaban J connectivity index is 1.88. The molecular weight excluding hydrogens is 282 g/mol. The van der Waals surface area contributed by atoms with E-state index in [1.165, 1.54) is 12.1 Å². The third-order valence-electron chi connectivity index (χ3n) is 4.05. The standard InChI is InChI=1S/C16H29N3OS/c1-12(2)9-15(19-5-7-20-8-6-19)10-17-13(3)16-11-21-14(4)18-16/h11-13,15,17H,5-10H2,1-4H3. The monoisotopic (exact) mass is 311 g/mol. The molecular formula is C16H29N3OS. The molecule has 0 saturated carbocycles. The highest BCUT2D eigenvalue weighted by Gasteiger charge is 2.22. The lowest BCUT2D eigenvalue weighted by molar-refractivity contribution is 0.0119. The molecule has 1 N–H and O–H groups in total. The molecule has 5 heteroatoms. The average Bonchev–Trinajstić information content (AvgIpc) is 2.90. The molecule has 1 fully saturated rings. The van der Waals surface area contributed by atoms with Crippen molar-refractivity contribution in [3.05, 3.63) is 16.1 Å².